The molecule has 1 aliphatic heterocycles. The Bertz CT molecular complexity index is 1030. The van der Waals surface area contributed by atoms with Crippen molar-refractivity contribution in [3.05, 3.63) is 59.4 Å². The van der Waals surface area contributed by atoms with E-state index in [1.54, 1.807) is 14.2 Å². The average molecular weight is 420 g/mol. The third-order valence-electron chi connectivity index (χ3n) is 6.64. The van der Waals surface area contributed by atoms with Gasteiger partial charge in [-0.05, 0) is 65.1 Å². The van der Waals surface area contributed by atoms with Crippen molar-refractivity contribution in [1.29, 1.82) is 0 Å². The number of benzene rings is 2. The van der Waals surface area contributed by atoms with Gasteiger partial charge in [-0.15, -0.1) is 5.10 Å². The maximum atomic E-state index is 5.65. The molecular weight excluding hydrogens is 390 g/mol. The lowest BCUT2D eigenvalue weighted by Gasteiger charge is -2.39. The number of methoxy groups -OCH3 is 2. The monoisotopic (exact) mass is 419 g/mol. The van der Waals surface area contributed by atoms with E-state index in [4.69, 9.17) is 9.47 Å². The zero-order valence-corrected chi connectivity index (χ0v) is 18.2. The van der Waals surface area contributed by atoms with Crippen LogP contribution in [-0.2, 0) is 6.42 Å². The predicted molar refractivity (Wildman–Crippen MR) is 119 cm³/mol. The topological polar surface area (TPSA) is 65.3 Å². The molecule has 1 fully saturated rings. The lowest BCUT2D eigenvalue weighted by molar-refractivity contribution is 0.312. The molecule has 0 unspecified atom stereocenters. The van der Waals surface area contributed by atoms with Gasteiger partial charge in [0.15, 0.2) is 17.3 Å². The molecule has 5 rings (SSSR count). The Balaban J connectivity index is 1.65. The van der Waals surface area contributed by atoms with Gasteiger partial charge in [0.05, 0.1) is 20.3 Å². The molecule has 0 amide bonds. The van der Waals surface area contributed by atoms with Crippen LogP contribution in [0.4, 0.5) is 5.69 Å². The van der Waals surface area contributed by atoms with Crippen molar-refractivity contribution in [3.63, 3.8) is 0 Å². The standard InChI is InChI=1S/C24H29N5O2/c1-30-21-15-17-13-14-28(18-9-5-3-6-10-18)23(20(17)16-22(21)31-2)24-25-26-27-29(24)19-11-7-4-8-12-19/h3,5-6,9-10,15-16,19,23H,4,7-8,11-14H2,1-2H3/t23-/m1/s1. The second-order valence-electron chi connectivity index (χ2n) is 8.36. The number of ether oxygens (including phenoxy) is 2. The molecule has 0 radical (unpaired) electrons. The minimum Gasteiger partial charge on any atom is -0.493 e. The molecule has 3 aromatic rings. The third kappa shape index (κ3) is 3.62. The first-order valence-electron chi connectivity index (χ1n) is 11.1. The molecule has 1 atom stereocenters. The number of para-hydroxylation sites is 1. The highest BCUT2D eigenvalue weighted by atomic mass is 16.5. The summed E-state index contributed by atoms with van der Waals surface area (Å²) in [5.41, 5.74) is 3.61. The number of hydrogen-bond donors (Lipinski definition) is 0. The van der Waals surface area contributed by atoms with Crippen LogP contribution in [0.3, 0.4) is 0 Å². The van der Waals surface area contributed by atoms with E-state index in [1.165, 1.54) is 36.1 Å². The molecular formula is C24H29N5O2. The van der Waals surface area contributed by atoms with E-state index < -0.39 is 0 Å². The van der Waals surface area contributed by atoms with Crippen LogP contribution in [0.2, 0.25) is 0 Å². The van der Waals surface area contributed by atoms with Crippen molar-refractivity contribution < 1.29 is 9.47 Å². The van der Waals surface area contributed by atoms with E-state index in [9.17, 15) is 0 Å². The second-order valence-corrected chi connectivity index (χ2v) is 8.36. The second kappa shape index (κ2) is 8.57. The maximum Gasteiger partial charge on any atom is 0.178 e. The van der Waals surface area contributed by atoms with E-state index >= 15 is 0 Å². The van der Waals surface area contributed by atoms with Crippen LogP contribution in [0.1, 0.15) is 61.1 Å². The number of fused-ring (bicyclic) bond motifs is 1. The van der Waals surface area contributed by atoms with Crippen molar-refractivity contribution in [2.45, 2.75) is 50.6 Å². The summed E-state index contributed by atoms with van der Waals surface area (Å²) in [6, 6.07) is 15.0. The van der Waals surface area contributed by atoms with Crippen LogP contribution < -0.4 is 14.4 Å². The average Bonchev–Trinajstić information content (AvgIpc) is 3.33. The first-order valence-corrected chi connectivity index (χ1v) is 11.1. The van der Waals surface area contributed by atoms with E-state index in [0.717, 1.165) is 43.1 Å². The van der Waals surface area contributed by atoms with Gasteiger partial charge in [0.1, 0.15) is 6.04 Å². The normalized spacial score (nSPS) is 19.2. The molecule has 0 N–H and O–H groups in total. The Morgan fingerprint density at radius 1 is 0.935 bits per heavy atom. The van der Waals surface area contributed by atoms with Gasteiger partial charge in [0.25, 0.3) is 0 Å². The van der Waals surface area contributed by atoms with Crippen molar-refractivity contribution >= 4 is 5.69 Å². The van der Waals surface area contributed by atoms with Crippen LogP contribution >= 0.6 is 0 Å². The van der Waals surface area contributed by atoms with Gasteiger partial charge in [-0.25, -0.2) is 4.68 Å². The lowest BCUT2D eigenvalue weighted by atomic mass is 9.90. The summed E-state index contributed by atoms with van der Waals surface area (Å²) < 4.78 is 13.3. The van der Waals surface area contributed by atoms with Gasteiger partial charge < -0.3 is 14.4 Å². The Labute approximate surface area is 183 Å². The molecule has 0 saturated heterocycles. The molecule has 0 spiro atoms. The maximum absolute atomic E-state index is 5.65. The summed E-state index contributed by atoms with van der Waals surface area (Å²) in [6.07, 6.45) is 6.96. The molecule has 7 nitrogen and oxygen atoms in total. The van der Waals surface area contributed by atoms with E-state index in [-0.39, 0.29) is 6.04 Å². The highest BCUT2D eigenvalue weighted by Crippen LogP contribution is 2.43. The summed E-state index contributed by atoms with van der Waals surface area (Å²) in [5.74, 6) is 2.40. The molecule has 2 heterocycles. The molecule has 2 aliphatic rings. The van der Waals surface area contributed by atoms with Crippen LogP contribution in [0.15, 0.2) is 42.5 Å². The molecule has 7 heteroatoms. The van der Waals surface area contributed by atoms with Crippen molar-refractivity contribution in [3.8, 4) is 11.5 Å². The van der Waals surface area contributed by atoms with E-state index in [1.807, 2.05) is 0 Å². The molecule has 162 valence electrons. The highest BCUT2D eigenvalue weighted by molar-refractivity contribution is 5.58. The molecule has 1 aromatic heterocycles. The summed E-state index contributed by atoms with van der Waals surface area (Å²) in [5, 5.41) is 13.2. The summed E-state index contributed by atoms with van der Waals surface area (Å²) in [7, 11) is 3.37. The fourth-order valence-electron chi connectivity index (χ4n) is 5.09. The number of rotatable bonds is 5. The smallest absolute Gasteiger partial charge is 0.178 e. The zero-order chi connectivity index (χ0) is 21.2. The van der Waals surface area contributed by atoms with Crippen LogP contribution in [0.25, 0.3) is 0 Å². The van der Waals surface area contributed by atoms with Gasteiger partial charge in [0, 0.05) is 12.2 Å². The zero-order valence-electron chi connectivity index (χ0n) is 18.2. The van der Waals surface area contributed by atoms with Crippen LogP contribution in [-0.4, -0.2) is 41.0 Å². The fourth-order valence-corrected chi connectivity index (χ4v) is 5.09. The minimum absolute atomic E-state index is 0.0807. The van der Waals surface area contributed by atoms with Gasteiger partial charge in [-0.1, -0.05) is 37.5 Å². The Kier molecular flexibility index (Phi) is 5.49. The number of anilines is 1. The third-order valence-corrected chi connectivity index (χ3v) is 6.64. The first-order chi connectivity index (χ1) is 15.3. The molecule has 1 saturated carbocycles. The van der Waals surface area contributed by atoms with Gasteiger partial charge in [-0.3, -0.25) is 0 Å². The Hall–Kier alpha value is -3.09. The molecule has 0 bridgehead atoms. The fraction of sp³-hybridized carbons (Fsp3) is 0.458. The Morgan fingerprint density at radius 3 is 2.42 bits per heavy atom. The van der Waals surface area contributed by atoms with Crippen molar-refractivity contribution in [2.24, 2.45) is 0 Å². The van der Waals surface area contributed by atoms with Gasteiger partial charge in [0.2, 0.25) is 0 Å². The SMILES string of the molecule is COc1cc2c(cc1OC)[C@H](c1nnnn1C1CCCCC1)N(c1ccccc1)CC2. The predicted octanol–water partition coefficient (Wildman–Crippen LogP) is 4.35. The number of tetrazole rings is 1. The van der Waals surface area contributed by atoms with Gasteiger partial charge in [-0.2, -0.15) is 0 Å². The molecule has 31 heavy (non-hydrogen) atoms. The van der Waals surface area contributed by atoms with Crippen molar-refractivity contribution in [1.82, 2.24) is 20.2 Å². The van der Waals surface area contributed by atoms with Crippen LogP contribution in [0, 0.1) is 0 Å². The number of hydrogen-bond acceptors (Lipinski definition) is 6. The van der Waals surface area contributed by atoms with E-state index in [0.29, 0.717) is 6.04 Å². The van der Waals surface area contributed by atoms with E-state index in [2.05, 4.69) is 67.6 Å². The first kappa shape index (κ1) is 19.8. The largest absolute Gasteiger partial charge is 0.493 e. The summed E-state index contributed by atoms with van der Waals surface area (Å²) in [6.45, 7) is 0.884. The quantitative estimate of drug-likeness (QED) is 0.613. The minimum atomic E-state index is -0.0807. The van der Waals surface area contributed by atoms with Crippen molar-refractivity contribution in [2.75, 3.05) is 25.7 Å². The number of aromatic nitrogens is 4. The molecule has 2 aromatic carbocycles. The summed E-state index contributed by atoms with van der Waals surface area (Å²) in [4.78, 5) is 2.42. The highest BCUT2D eigenvalue weighted by Gasteiger charge is 2.36. The Morgan fingerprint density at radius 2 is 1.68 bits per heavy atom. The van der Waals surface area contributed by atoms with Gasteiger partial charge >= 0.3 is 0 Å². The lowest BCUT2D eigenvalue weighted by Crippen LogP contribution is -2.38. The van der Waals surface area contributed by atoms with Crippen LogP contribution in [0.5, 0.6) is 11.5 Å². The summed E-state index contributed by atoms with van der Waals surface area (Å²) >= 11 is 0. The molecule has 1 aliphatic carbocycles. The number of nitrogens with zero attached hydrogens (tertiary/aromatic N) is 5.